The lowest BCUT2D eigenvalue weighted by Crippen LogP contribution is -2.01. The van der Waals surface area contributed by atoms with Crippen molar-refractivity contribution in [3.8, 4) is 0 Å². The number of hydrogen-bond donors (Lipinski definition) is 1. The second kappa shape index (κ2) is 5.25. The van der Waals surface area contributed by atoms with Crippen molar-refractivity contribution in [2.45, 2.75) is 11.5 Å². The number of hydrogen-bond acceptors (Lipinski definition) is 3. The molecule has 2 heterocycles. The van der Waals surface area contributed by atoms with Gasteiger partial charge in [0.25, 0.3) is 0 Å². The number of benzene rings is 2. The van der Waals surface area contributed by atoms with Crippen LogP contribution in [-0.4, -0.2) is 4.98 Å². The molecule has 0 saturated carbocycles. The van der Waals surface area contributed by atoms with Crippen molar-refractivity contribution in [3.63, 3.8) is 0 Å². The number of fused-ring (bicyclic) bond motifs is 2. The van der Waals surface area contributed by atoms with Crippen molar-refractivity contribution in [2.75, 3.05) is 5.32 Å². The molecule has 2 aromatic carbocycles. The van der Waals surface area contributed by atoms with E-state index in [1.807, 2.05) is 24.3 Å². The van der Waals surface area contributed by atoms with E-state index in [9.17, 15) is 8.78 Å². The SMILES string of the molecule is Fc1ccc(Nc2c3c(nc4ccccc24)CSC3)c(F)c1. The predicted molar refractivity (Wildman–Crippen MR) is 86.4 cm³/mol. The first-order chi connectivity index (χ1) is 10.7. The van der Waals surface area contributed by atoms with Crippen molar-refractivity contribution >= 4 is 34.0 Å². The highest BCUT2D eigenvalue weighted by molar-refractivity contribution is 7.98. The molecule has 1 aliphatic rings. The average Bonchev–Trinajstić information content (AvgIpc) is 2.97. The predicted octanol–water partition coefficient (Wildman–Crippen LogP) is 5.00. The minimum atomic E-state index is -0.597. The van der Waals surface area contributed by atoms with Crippen LogP contribution < -0.4 is 5.32 Å². The number of para-hydroxylation sites is 1. The third kappa shape index (κ3) is 2.22. The van der Waals surface area contributed by atoms with E-state index in [0.717, 1.165) is 45.4 Å². The summed E-state index contributed by atoms with van der Waals surface area (Å²) in [5.74, 6) is 0.530. The Kier molecular flexibility index (Phi) is 3.22. The number of nitrogens with one attached hydrogen (secondary N) is 1. The van der Waals surface area contributed by atoms with Gasteiger partial charge in [-0.1, -0.05) is 18.2 Å². The Morgan fingerprint density at radius 2 is 1.91 bits per heavy atom. The van der Waals surface area contributed by atoms with Gasteiger partial charge in [0.05, 0.1) is 22.6 Å². The molecule has 0 atom stereocenters. The summed E-state index contributed by atoms with van der Waals surface area (Å²) in [5.41, 5.74) is 4.17. The van der Waals surface area contributed by atoms with Crippen molar-refractivity contribution in [1.82, 2.24) is 4.98 Å². The van der Waals surface area contributed by atoms with Gasteiger partial charge in [-0.05, 0) is 18.2 Å². The standard InChI is InChI=1S/C17H12F2N2S/c18-10-5-6-15(13(19)7-10)21-17-11-3-1-2-4-14(11)20-16-9-22-8-12(16)17/h1-7H,8-9H2,(H,20,21). The molecule has 1 aromatic heterocycles. The van der Waals surface area contributed by atoms with Crippen molar-refractivity contribution < 1.29 is 8.78 Å². The van der Waals surface area contributed by atoms with E-state index in [1.54, 1.807) is 11.8 Å². The lowest BCUT2D eigenvalue weighted by molar-refractivity contribution is 0.586. The molecule has 2 nitrogen and oxygen atoms in total. The van der Waals surface area contributed by atoms with Crippen LogP contribution in [0, 0.1) is 11.6 Å². The Balaban J connectivity index is 1.90. The largest absolute Gasteiger partial charge is 0.352 e. The molecule has 0 unspecified atom stereocenters. The second-order valence-corrected chi connectivity index (χ2v) is 6.16. The van der Waals surface area contributed by atoms with Crippen LogP contribution in [0.25, 0.3) is 10.9 Å². The number of aromatic nitrogens is 1. The lowest BCUT2D eigenvalue weighted by atomic mass is 10.1. The second-order valence-electron chi connectivity index (χ2n) is 5.17. The zero-order chi connectivity index (χ0) is 15.1. The number of anilines is 2. The summed E-state index contributed by atoms with van der Waals surface area (Å²) >= 11 is 1.79. The summed E-state index contributed by atoms with van der Waals surface area (Å²) in [6.07, 6.45) is 0. The Hall–Kier alpha value is -2.14. The highest BCUT2D eigenvalue weighted by Gasteiger charge is 2.20. The molecule has 0 fully saturated rings. The molecule has 0 amide bonds. The summed E-state index contributed by atoms with van der Waals surface area (Å²) in [4.78, 5) is 4.68. The number of thioether (sulfide) groups is 1. The van der Waals surface area contributed by atoms with Crippen LogP contribution in [0.2, 0.25) is 0 Å². The fourth-order valence-electron chi connectivity index (χ4n) is 2.70. The number of nitrogens with zero attached hydrogens (tertiary/aromatic N) is 1. The molecule has 5 heteroatoms. The third-order valence-corrected chi connectivity index (χ3v) is 4.73. The first kappa shape index (κ1) is 13.5. The van der Waals surface area contributed by atoms with Crippen molar-refractivity contribution in [3.05, 3.63) is 65.4 Å². The molecule has 110 valence electrons. The first-order valence-electron chi connectivity index (χ1n) is 6.93. The summed E-state index contributed by atoms with van der Waals surface area (Å²) in [6, 6.07) is 11.4. The molecule has 22 heavy (non-hydrogen) atoms. The molecular weight excluding hydrogens is 302 g/mol. The van der Waals surface area contributed by atoms with Gasteiger partial charge in [-0.15, -0.1) is 0 Å². The maximum absolute atomic E-state index is 14.0. The number of rotatable bonds is 2. The number of pyridine rings is 1. The molecule has 0 radical (unpaired) electrons. The van der Waals surface area contributed by atoms with Crippen LogP contribution in [-0.2, 0) is 11.5 Å². The summed E-state index contributed by atoms with van der Waals surface area (Å²) in [6.45, 7) is 0. The first-order valence-corrected chi connectivity index (χ1v) is 8.08. The van der Waals surface area contributed by atoms with Gasteiger partial charge in [-0.25, -0.2) is 8.78 Å². The quantitative estimate of drug-likeness (QED) is 0.720. The molecule has 0 spiro atoms. The van der Waals surface area contributed by atoms with E-state index in [-0.39, 0.29) is 5.69 Å². The smallest absolute Gasteiger partial charge is 0.149 e. The lowest BCUT2D eigenvalue weighted by Gasteiger charge is -2.14. The van der Waals surface area contributed by atoms with E-state index in [2.05, 4.69) is 10.3 Å². The highest BCUT2D eigenvalue weighted by Crippen LogP contribution is 2.39. The van der Waals surface area contributed by atoms with Crippen LogP contribution in [0.1, 0.15) is 11.3 Å². The maximum atomic E-state index is 14.0. The van der Waals surface area contributed by atoms with Gasteiger partial charge in [0.1, 0.15) is 11.6 Å². The summed E-state index contributed by atoms with van der Waals surface area (Å²) in [5, 5.41) is 4.10. The molecular formula is C17H12F2N2S. The molecule has 3 aromatic rings. The monoisotopic (exact) mass is 314 g/mol. The fraction of sp³-hybridized carbons (Fsp3) is 0.118. The maximum Gasteiger partial charge on any atom is 0.149 e. The average molecular weight is 314 g/mol. The Bertz CT molecular complexity index is 880. The van der Waals surface area contributed by atoms with Crippen LogP contribution in [0.5, 0.6) is 0 Å². The van der Waals surface area contributed by atoms with Gasteiger partial charge in [0, 0.05) is 28.5 Å². The van der Waals surface area contributed by atoms with Gasteiger partial charge in [0.15, 0.2) is 0 Å². The molecule has 0 aliphatic carbocycles. The summed E-state index contributed by atoms with van der Waals surface area (Å²) in [7, 11) is 0. The van der Waals surface area contributed by atoms with E-state index >= 15 is 0 Å². The van der Waals surface area contributed by atoms with Crippen molar-refractivity contribution in [2.24, 2.45) is 0 Å². The van der Waals surface area contributed by atoms with Gasteiger partial charge in [-0.2, -0.15) is 11.8 Å². The van der Waals surface area contributed by atoms with Crippen LogP contribution in [0.4, 0.5) is 20.2 Å². The van der Waals surface area contributed by atoms with Gasteiger partial charge in [-0.3, -0.25) is 4.98 Å². The Morgan fingerprint density at radius 1 is 1.05 bits per heavy atom. The summed E-state index contributed by atoms with van der Waals surface area (Å²) < 4.78 is 27.0. The van der Waals surface area contributed by atoms with Gasteiger partial charge in [0.2, 0.25) is 0 Å². The molecule has 0 saturated heterocycles. The van der Waals surface area contributed by atoms with E-state index in [1.165, 1.54) is 12.1 Å². The van der Waals surface area contributed by atoms with Crippen LogP contribution in [0.15, 0.2) is 42.5 Å². The Morgan fingerprint density at radius 3 is 2.77 bits per heavy atom. The van der Waals surface area contributed by atoms with E-state index in [0.29, 0.717) is 0 Å². The van der Waals surface area contributed by atoms with Crippen LogP contribution >= 0.6 is 11.8 Å². The van der Waals surface area contributed by atoms with E-state index in [4.69, 9.17) is 0 Å². The van der Waals surface area contributed by atoms with Crippen LogP contribution in [0.3, 0.4) is 0 Å². The zero-order valence-corrected chi connectivity index (χ0v) is 12.4. The molecule has 1 N–H and O–H groups in total. The zero-order valence-electron chi connectivity index (χ0n) is 11.6. The highest BCUT2D eigenvalue weighted by atomic mass is 32.2. The normalized spacial score (nSPS) is 13.4. The van der Waals surface area contributed by atoms with Gasteiger partial charge < -0.3 is 5.32 Å². The van der Waals surface area contributed by atoms with Crippen molar-refractivity contribution in [1.29, 1.82) is 0 Å². The Labute approximate surface area is 130 Å². The fourth-order valence-corrected chi connectivity index (χ4v) is 3.74. The molecule has 4 rings (SSSR count). The molecule has 1 aliphatic heterocycles. The van der Waals surface area contributed by atoms with E-state index < -0.39 is 11.6 Å². The minimum Gasteiger partial charge on any atom is -0.352 e. The van der Waals surface area contributed by atoms with Gasteiger partial charge >= 0.3 is 0 Å². The third-order valence-electron chi connectivity index (χ3n) is 3.75. The number of halogens is 2. The topological polar surface area (TPSA) is 24.9 Å². The molecule has 0 bridgehead atoms. The minimum absolute atomic E-state index is 0.275.